The van der Waals surface area contributed by atoms with Gasteiger partial charge in [-0.3, -0.25) is 4.98 Å². The van der Waals surface area contributed by atoms with Crippen LogP contribution in [-0.4, -0.2) is 16.1 Å². The molecule has 0 spiro atoms. The van der Waals surface area contributed by atoms with Crippen LogP contribution in [-0.2, 0) is 0 Å². The van der Waals surface area contributed by atoms with Crippen LogP contribution in [0.2, 0.25) is 0 Å². The second kappa shape index (κ2) is 5.08. The molecule has 0 saturated heterocycles. The smallest absolute Gasteiger partial charge is 0.111 e. The molecule has 1 heterocycles. The monoisotopic (exact) mass is 194 g/mol. The molecule has 0 amide bonds. The summed E-state index contributed by atoms with van der Waals surface area (Å²) < 4.78 is 0. The van der Waals surface area contributed by atoms with E-state index in [0.29, 0.717) is 11.6 Å². The van der Waals surface area contributed by atoms with Crippen molar-refractivity contribution in [1.29, 1.82) is 0 Å². The van der Waals surface area contributed by atoms with Crippen molar-refractivity contribution in [3.05, 3.63) is 30.1 Å². The van der Waals surface area contributed by atoms with E-state index in [1.807, 2.05) is 12.1 Å². The first-order valence-corrected chi connectivity index (χ1v) is 4.96. The lowest BCUT2D eigenvalue weighted by molar-refractivity contribution is 0.131. The molecule has 3 N–H and O–H groups in total. The van der Waals surface area contributed by atoms with Crippen LogP contribution < -0.4 is 5.73 Å². The lowest BCUT2D eigenvalue weighted by Gasteiger charge is -2.19. The molecule has 0 aliphatic carbocycles. The van der Waals surface area contributed by atoms with Crippen molar-refractivity contribution in [3.63, 3.8) is 0 Å². The fourth-order valence-corrected chi connectivity index (χ4v) is 1.44. The number of aromatic nitrogens is 1. The van der Waals surface area contributed by atoms with Crippen LogP contribution in [0.15, 0.2) is 24.4 Å². The molecule has 0 radical (unpaired) electrons. The summed E-state index contributed by atoms with van der Waals surface area (Å²) in [4.78, 5) is 4.08. The van der Waals surface area contributed by atoms with Crippen LogP contribution in [0, 0.1) is 5.92 Å². The van der Waals surface area contributed by atoms with E-state index in [0.717, 1.165) is 6.42 Å². The van der Waals surface area contributed by atoms with Gasteiger partial charge in [-0.25, -0.2) is 0 Å². The van der Waals surface area contributed by atoms with Crippen LogP contribution in [0.3, 0.4) is 0 Å². The molecule has 0 aliphatic rings. The maximum absolute atomic E-state index is 9.85. The average molecular weight is 194 g/mol. The number of pyridine rings is 1. The number of rotatable bonds is 4. The van der Waals surface area contributed by atoms with Gasteiger partial charge in [0.15, 0.2) is 0 Å². The molecular formula is C11H18N2O. The highest BCUT2D eigenvalue weighted by atomic mass is 16.3. The summed E-state index contributed by atoms with van der Waals surface area (Å²) in [6.07, 6.45) is 1.82. The standard InChI is InChI=1S/C11H18N2O/c1-8(2)7-9(12)11(14)10-5-3-4-6-13-10/h3-6,8-9,11,14H,7,12H2,1-2H3/t9-,11+/m0/s1. The normalized spacial score (nSPS) is 15.5. The highest BCUT2D eigenvalue weighted by Crippen LogP contribution is 2.17. The van der Waals surface area contributed by atoms with Crippen molar-refractivity contribution in [2.24, 2.45) is 11.7 Å². The topological polar surface area (TPSA) is 59.1 Å². The SMILES string of the molecule is CC(C)C[C@H](N)[C@@H](O)c1ccccn1. The van der Waals surface area contributed by atoms with E-state index in [9.17, 15) is 5.11 Å². The van der Waals surface area contributed by atoms with Gasteiger partial charge in [-0.1, -0.05) is 19.9 Å². The first-order valence-electron chi connectivity index (χ1n) is 4.96. The zero-order chi connectivity index (χ0) is 10.6. The number of nitrogens with zero attached hydrogens (tertiary/aromatic N) is 1. The summed E-state index contributed by atoms with van der Waals surface area (Å²) in [6, 6.07) is 5.24. The van der Waals surface area contributed by atoms with Gasteiger partial charge in [0.05, 0.1) is 5.69 Å². The Balaban J connectivity index is 2.61. The number of nitrogens with two attached hydrogens (primary N) is 1. The molecule has 0 bridgehead atoms. The molecule has 0 saturated carbocycles. The quantitative estimate of drug-likeness (QED) is 0.763. The van der Waals surface area contributed by atoms with E-state index in [4.69, 9.17) is 5.73 Å². The molecule has 0 unspecified atom stereocenters. The number of hydrogen-bond donors (Lipinski definition) is 2. The minimum absolute atomic E-state index is 0.232. The van der Waals surface area contributed by atoms with Crippen LogP contribution in [0.25, 0.3) is 0 Å². The van der Waals surface area contributed by atoms with Gasteiger partial charge < -0.3 is 10.8 Å². The molecule has 14 heavy (non-hydrogen) atoms. The lowest BCUT2D eigenvalue weighted by atomic mass is 9.98. The Morgan fingerprint density at radius 2 is 2.14 bits per heavy atom. The van der Waals surface area contributed by atoms with E-state index in [-0.39, 0.29) is 6.04 Å². The third kappa shape index (κ3) is 3.09. The Morgan fingerprint density at radius 3 is 2.64 bits per heavy atom. The van der Waals surface area contributed by atoms with Gasteiger partial charge in [0, 0.05) is 12.2 Å². The summed E-state index contributed by atoms with van der Waals surface area (Å²) in [6.45, 7) is 4.18. The predicted molar refractivity (Wildman–Crippen MR) is 56.6 cm³/mol. The highest BCUT2D eigenvalue weighted by Gasteiger charge is 2.18. The first kappa shape index (κ1) is 11.1. The van der Waals surface area contributed by atoms with Crippen molar-refractivity contribution in [1.82, 2.24) is 4.98 Å². The van der Waals surface area contributed by atoms with Crippen LogP contribution in [0.1, 0.15) is 32.1 Å². The molecule has 0 aliphatic heterocycles. The van der Waals surface area contributed by atoms with Gasteiger partial charge in [0.2, 0.25) is 0 Å². The zero-order valence-electron chi connectivity index (χ0n) is 8.72. The maximum atomic E-state index is 9.85. The minimum Gasteiger partial charge on any atom is -0.385 e. The Labute approximate surface area is 85.0 Å². The van der Waals surface area contributed by atoms with E-state index in [2.05, 4.69) is 18.8 Å². The summed E-state index contributed by atoms with van der Waals surface area (Å²) in [7, 11) is 0. The van der Waals surface area contributed by atoms with Crippen LogP contribution in [0.4, 0.5) is 0 Å². The average Bonchev–Trinajstić information content (AvgIpc) is 2.17. The van der Waals surface area contributed by atoms with Gasteiger partial charge in [-0.15, -0.1) is 0 Å². The first-order chi connectivity index (χ1) is 6.61. The minimum atomic E-state index is -0.654. The molecule has 78 valence electrons. The van der Waals surface area contributed by atoms with Crippen LogP contribution in [0.5, 0.6) is 0 Å². The summed E-state index contributed by atoms with van der Waals surface area (Å²) in [5, 5.41) is 9.85. The largest absolute Gasteiger partial charge is 0.385 e. The van der Waals surface area contributed by atoms with Crippen molar-refractivity contribution in [3.8, 4) is 0 Å². The van der Waals surface area contributed by atoms with Crippen molar-refractivity contribution < 1.29 is 5.11 Å². The molecule has 1 aromatic heterocycles. The Bertz CT molecular complexity index is 261. The summed E-state index contributed by atoms with van der Waals surface area (Å²) in [5.41, 5.74) is 6.51. The Morgan fingerprint density at radius 1 is 1.43 bits per heavy atom. The second-order valence-electron chi connectivity index (χ2n) is 3.99. The molecular weight excluding hydrogens is 176 g/mol. The fourth-order valence-electron chi connectivity index (χ4n) is 1.44. The van der Waals surface area contributed by atoms with Gasteiger partial charge >= 0.3 is 0 Å². The summed E-state index contributed by atoms with van der Waals surface area (Å²) >= 11 is 0. The van der Waals surface area contributed by atoms with Crippen LogP contribution >= 0.6 is 0 Å². The van der Waals surface area contributed by atoms with Crippen molar-refractivity contribution in [2.45, 2.75) is 32.4 Å². The van der Waals surface area contributed by atoms with E-state index < -0.39 is 6.10 Å². The maximum Gasteiger partial charge on any atom is 0.111 e. The number of aliphatic hydroxyl groups is 1. The fraction of sp³-hybridized carbons (Fsp3) is 0.545. The molecule has 0 aromatic carbocycles. The molecule has 2 atom stereocenters. The molecule has 1 rings (SSSR count). The van der Waals surface area contributed by atoms with E-state index in [1.54, 1.807) is 12.3 Å². The Hall–Kier alpha value is -0.930. The number of hydrogen-bond acceptors (Lipinski definition) is 3. The molecule has 3 heteroatoms. The zero-order valence-corrected chi connectivity index (χ0v) is 8.72. The van der Waals surface area contributed by atoms with Gasteiger partial charge in [-0.05, 0) is 24.5 Å². The predicted octanol–water partition coefficient (Wildman–Crippen LogP) is 1.49. The summed E-state index contributed by atoms with van der Waals surface area (Å²) in [5.74, 6) is 0.489. The molecule has 3 nitrogen and oxygen atoms in total. The van der Waals surface area contributed by atoms with E-state index >= 15 is 0 Å². The molecule has 0 fully saturated rings. The highest BCUT2D eigenvalue weighted by molar-refractivity contribution is 5.08. The van der Waals surface area contributed by atoms with Gasteiger partial charge in [-0.2, -0.15) is 0 Å². The Kier molecular flexibility index (Phi) is 4.04. The number of aliphatic hydroxyl groups excluding tert-OH is 1. The van der Waals surface area contributed by atoms with E-state index in [1.165, 1.54) is 0 Å². The van der Waals surface area contributed by atoms with Gasteiger partial charge in [0.1, 0.15) is 6.10 Å². The van der Waals surface area contributed by atoms with Crippen molar-refractivity contribution >= 4 is 0 Å². The third-order valence-corrected chi connectivity index (χ3v) is 2.14. The van der Waals surface area contributed by atoms with Crippen molar-refractivity contribution in [2.75, 3.05) is 0 Å². The lowest BCUT2D eigenvalue weighted by Crippen LogP contribution is -2.30. The van der Waals surface area contributed by atoms with Gasteiger partial charge in [0.25, 0.3) is 0 Å². The molecule has 1 aromatic rings. The second-order valence-corrected chi connectivity index (χ2v) is 3.99. The third-order valence-electron chi connectivity index (χ3n) is 2.14.